The van der Waals surface area contributed by atoms with Crippen molar-refractivity contribution in [2.75, 3.05) is 24.5 Å². The molecule has 4 rings (SSSR count). The Bertz CT molecular complexity index is 795. The lowest BCUT2D eigenvalue weighted by Gasteiger charge is -2.19. The van der Waals surface area contributed by atoms with Gasteiger partial charge in [-0.1, -0.05) is 17.3 Å². The fourth-order valence-corrected chi connectivity index (χ4v) is 3.90. The third kappa shape index (κ3) is 3.37. The first-order chi connectivity index (χ1) is 12.6. The zero-order valence-corrected chi connectivity index (χ0v) is 15.1. The molecule has 138 valence electrons. The van der Waals surface area contributed by atoms with E-state index in [1.54, 1.807) is 13.1 Å². The van der Waals surface area contributed by atoms with Crippen LogP contribution in [0.4, 0.5) is 5.69 Å². The standard InChI is InChI=1S/C19H25N5O2/c1-14(25)17-12-23(21-20-17)13-19(26)24-10-7-16-15(5-4-6-18(16)24)11-22-8-2-3-9-22/h4-6,12,14,25H,2-3,7-11,13H2,1H3. The largest absolute Gasteiger partial charge is 0.387 e. The van der Waals surface area contributed by atoms with Crippen LogP contribution in [0.3, 0.4) is 0 Å². The molecule has 0 radical (unpaired) electrons. The number of likely N-dealkylation sites (tertiary alicyclic amines) is 1. The molecule has 2 aliphatic rings. The summed E-state index contributed by atoms with van der Waals surface area (Å²) in [5.41, 5.74) is 4.16. The lowest BCUT2D eigenvalue weighted by atomic mass is 10.0. The van der Waals surface area contributed by atoms with E-state index in [1.165, 1.54) is 41.7 Å². The zero-order valence-electron chi connectivity index (χ0n) is 15.1. The topological polar surface area (TPSA) is 74.5 Å². The molecular formula is C19H25N5O2. The molecule has 2 aliphatic heterocycles. The molecule has 1 amide bonds. The lowest BCUT2D eigenvalue weighted by molar-refractivity contribution is -0.119. The molecule has 0 saturated carbocycles. The Morgan fingerprint density at radius 3 is 2.81 bits per heavy atom. The fraction of sp³-hybridized carbons (Fsp3) is 0.526. The van der Waals surface area contributed by atoms with Crippen molar-refractivity contribution in [3.8, 4) is 0 Å². The maximum Gasteiger partial charge on any atom is 0.248 e. The summed E-state index contributed by atoms with van der Waals surface area (Å²) >= 11 is 0. The van der Waals surface area contributed by atoms with Gasteiger partial charge >= 0.3 is 0 Å². The van der Waals surface area contributed by atoms with Crippen molar-refractivity contribution in [2.24, 2.45) is 0 Å². The minimum absolute atomic E-state index is 0.00381. The zero-order chi connectivity index (χ0) is 18.1. The summed E-state index contributed by atoms with van der Waals surface area (Å²) in [7, 11) is 0. The number of fused-ring (bicyclic) bond motifs is 1. The predicted octanol–water partition coefficient (Wildman–Crippen LogP) is 1.52. The van der Waals surface area contributed by atoms with Crippen molar-refractivity contribution < 1.29 is 9.90 Å². The molecule has 7 heteroatoms. The number of amides is 1. The molecule has 1 saturated heterocycles. The van der Waals surface area contributed by atoms with Gasteiger partial charge in [0.15, 0.2) is 0 Å². The molecule has 1 aromatic carbocycles. The van der Waals surface area contributed by atoms with E-state index in [0.29, 0.717) is 12.2 Å². The number of anilines is 1. The van der Waals surface area contributed by atoms with Gasteiger partial charge in [0.2, 0.25) is 5.91 Å². The van der Waals surface area contributed by atoms with Crippen molar-refractivity contribution in [1.82, 2.24) is 19.9 Å². The summed E-state index contributed by atoms with van der Waals surface area (Å²) in [6, 6.07) is 6.28. The number of aromatic nitrogens is 3. The van der Waals surface area contributed by atoms with Gasteiger partial charge in [-0.3, -0.25) is 9.69 Å². The third-order valence-electron chi connectivity index (χ3n) is 5.30. The minimum atomic E-state index is -0.681. The van der Waals surface area contributed by atoms with Crippen LogP contribution in [0.15, 0.2) is 24.4 Å². The summed E-state index contributed by atoms with van der Waals surface area (Å²) in [5.74, 6) is 0.00381. The van der Waals surface area contributed by atoms with Crippen molar-refractivity contribution >= 4 is 11.6 Å². The van der Waals surface area contributed by atoms with Gasteiger partial charge < -0.3 is 10.0 Å². The minimum Gasteiger partial charge on any atom is -0.387 e. The Kier molecular flexibility index (Phi) is 4.74. The molecule has 1 fully saturated rings. The van der Waals surface area contributed by atoms with E-state index in [4.69, 9.17) is 0 Å². The molecule has 26 heavy (non-hydrogen) atoms. The van der Waals surface area contributed by atoms with Gasteiger partial charge in [0.05, 0.1) is 12.3 Å². The molecule has 7 nitrogen and oxygen atoms in total. The first-order valence-electron chi connectivity index (χ1n) is 9.33. The molecule has 0 aliphatic carbocycles. The molecular weight excluding hydrogens is 330 g/mol. The summed E-state index contributed by atoms with van der Waals surface area (Å²) in [4.78, 5) is 17.1. The average Bonchev–Trinajstić information content (AvgIpc) is 3.35. The summed E-state index contributed by atoms with van der Waals surface area (Å²) in [6.45, 7) is 5.80. The molecule has 1 aromatic heterocycles. The van der Waals surface area contributed by atoms with Crippen LogP contribution in [0.25, 0.3) is 0 Å². The molecule has 3 heterocycles. The van der Waals surface area contributed by atoms with E-state index in [2.05, 4.69) is 27.3 Å². The number of carbonyl (C=O) groups excluding carboxylic acids is 1. The predicted molar refractivity (Wildman–Crippen MR) is 97.7 cm³/mol. The highest BCUT2D eigenvalue weighted by Gasteiger charge is 2.27. The first-order valence-corrected chi connectivity index (χ1v) is 9.33. The molecule has 1 unspecified atom stereocenters. The van der Waals surface area contributed by atoms with Gasteiger partial charge in [0.1, 0.15) is 12.2 Å². The first kappa shape index (κ1) is 17.2. The maximum absolute atomic E-state index is 12.8. The number of carbonyl (C=O) groups is 1. The number of rotatable bonds is 5. The Balaban J connectivity index is 1.48. The van der Waals surface area contributed by atoms with E-state index in [1.807, 2.05) is 11.0 Å². The second-order valence-corrected chi connectivity index (χ2v) is 7.21. The number of aliphatic hydroxyl groups excluding tert-OH is 1. The van der Waals surface area contributed by atoms with Crippen molar-refractivity contribution in [1.29, 1.82) is 0 Å². The quantitative estimate of drug-likeness (QED) is 0.880. The van der Waals surface area contributed by atoms with E-state index >= 15 is 0 Å². The average molecular weight is 355 g/mol. The van der Waals surface area contributed by atoms with Crippen LogP contribution in [0.5, 0.6) is 0 Å². The highest BCUT2D eigenvalue weighted by Crippen LogP contribution is 2.32. The number of aliphatic hydroxyl groups is 1. The maximum atomic E-state index is 12.8. The van der Waals surface area contributed by atoms with Crippen molar-refractivity contribution in [2.45, 2.75) is 45.4 Å². The fourth-order valence-electron chi connectivity index (χ4n) is 3.90. The van der Waals surface area contributed by atoms with Crippen molar-refractivity contribution in [3.63, 3.8) is 0 Å². The van der Waals surface area contributed by atoms with E-state index in [9.17, 15) is 9.90 Å². The van der Waals surface area contributed by atoms with Crippen LogP contribution >= 0.6 is 0 Å². The second kappa shape index (κ2) is 7.17. The second-order valence-electron chi connectivity index (χ2n) is 7.21. The Morgan fingerprint density at radius 2 is 2.08 bits per heavy atom. The summed E-state index contributed by atoms with van der Waals surface area (Å²) in [6.07, 6.45) is 4.42. The van der Waals surface area contributed by atoms with Gasteiger partial charge in [-0.2, -0.15) is 0 Å². The molecule has 2 aromatic rings. The van der Waals surface area contributed by atoms with Gasteiger partial charge in [-0.15, -0.1) is 5.10 Å². The Morgan fingerprint density at radius 1 is 1.27 bits per heavy atom. The highest BCUT2D eigenvalue weighted by molar-refractivity contribution is 5.95. The highest BCUT2D eigenvalue weighted by atomic mass is 16.3. The van der Waals surface area contributed by atoms with Crippen LogP contribution in [0.2, 0.25) is 0 Å². The van der Waals surface area contributed by atoms with Gasteiger partial charge in [-0.05, 0) is 56.5 Å². The lowest BCUT2D eigenvalue weighted by Crippen LogP contribution is -2.32. The van der Waals surface area contributed by atoms with Crippen LogP contribution < -0.4 is 4.90 Å². The Hall–Kier alpha value is -2.25. The van der Waals surface area contributed by atoms with Gasteiger partial charge in [0, 0.05) is 18.8 Å². The SMILES string of the molecule is CC(O)c1cn(CC(=O)N2CCc3c(CN4CCCC4)cccc32)nn1. The number of benzene rings is 1. The summed E-state index contributed by atoms with van der Waals surface area (Å²) < 4.78 is 1.50. The van der Waals surface area contributed by atoms with Crippen molar-refractivity contribution in [3.05, 3.63) is 41.2 Å². The molecule has 1 atom stereocenters. The third-order valence-corrected chi connectivity index (χ3v) is 5.30. The van der Waals surface area contributed by atoms with Crippen LogP contribution in [-0.4, -0.2) is 50.5 Å². The van der Waals surface area contributed by atoms with Crippen LogP contribution in [-0.2, 0) is 24.3 Å². The smallest absolute Gasteiger partial charge is 0.248 e. The van der Waals surface area contributed by atoms with E-state index < -0.39 is 6.10 Å². The van der Waals surface area contributed by atoms with Gasteiger partial charge in [-0.25, -0.2) is 4.68 Å². The van der Waals surface area contributed by atoms with Crippen LogP contribution in [0, 0.1) is 0 Å². The van der Waals surface area contributed by atoms with Crippen LogP contribution in [0.1, 0.15) is 42.7 Å². The number of hydrogen-bond donors (Lipinski definition) is 1. The molecule has 0 bridgehead atoms. The van der Waals surface area contributed by atoms with E-state index in [0.717, 1.165) is 18.7 Å². The van der Waals surface area contributed by atoms with Gasteiger partial charge in [0.25, 0.3) is 0 Å². The molecule has 0 spiro atoms. The Labute approximate surface area is 153 Å². The number of nitrogens with zero attached hydrogens (tertiary/aromatic N) is 5. The van der Waals surface area contributed by atoms with E-state index in [-0.39, 0.29) is 12.5 Å². The molecule has 1 N–H and O–H groups in total. The normalized spacial score (nSPS) is 18.3. The number of hydrogen-bond acceptors (Lipinski definition) is 5. The summed E-state index contributed by atoms with van der Waals surface area (Å²) in [5, 5.41) is 17.4. The monoisotopic (exact) mass is 355 g/mol.